The lowest BCUT2D eigenvalue weighted by Crippen LogP contribution is -2.17. The number of aromatic nitrogens is 3. The molecule has 0 radical (unpaired) electrons. The smallest absolute Gasteiger partial charge is 0.234 e. The van der Waals surface area contributed by atoms with Gasteiger partial charge in [-0.3, -0.25) is 4.79 Å². The lowest BCUT2D eigenvalue weighted by Gasteiger charge is -2.05. The molecule has 0 fully saturated rings. The molecule has 0 saturated carbocycles. The van der Waals surface area contributed by atoms with Crippen molar-refractivity contribution in [3.05, 3.63) is 34.6 Å². The van der Waals surface area contributed by atoms with Crippen LogP contribution in [0.15, 0.2) is 33.9 Å². The van der Waals surface area contributed by atoms with Gasteiger partial charge in [-0.25, -0.2) is 4.68 Å². The summed E-state index contributed by atoms with van der Waals surface area (Å²) in [6.45, 7) is 2.11. The number of nitrogens with zero attached hydrogens (tertiary/aromatic N) is 3. The highest BCUT2D eigenvalue weighted by molar-refractivity contribution is 9.10. The second-order valence-corrected chi connectivity index (χ2v) is 6.57. The quantitative estimate of drug-likeness (QED) is 0.566. The van der Waals surface area contributed by atoms with E-state index in [4.69, 9.17) is 5.84 Å². The van der Waals surface area contributed by atoms with E-state index in [9.17, 15) is 4.79 Å². The van der Waals surface area contributed by atoms with Gasteiger partial charge < -0.3 is 11.2 Å². The van der Waals surface area contributed by atoms with Crippen LogP contribution in [-0.4, -0.2) is 26.5 Å². The Morgan fingerprint density at radius 3 is 2.77 bits per heavy atom. The molecule has 0 spiro atoms. The zero-order valence-electron chi connectivity index (χ0n) is 12.3. The number of halogens is 1. The van der Waals surface area contributed by atoms with E-state index in [1.807, 2.05) is 24.3 Å². The van der Waals surface area contributed by atoms with Crippen molar-refractivity contribution in [1.29, 1.82) is 0 Å². The van der Waals surface area contributed by atoms with Gasteiger partial charge in [-0.2, -0.15) is 0 Å². The van der Waals surface area contributed by atoms with Crippen LogP contribution >= 0.6 is 27.7 Å². The fourth-order valence-electron chi connectivity index (χ4n) is 1.77. The Morgan fingerprint density at radius 1 is 1.36 bits per heavy atom. The number of nitrogen functional groups attached to an aromatic ring is 1. The maximum absolute atomic E-state index is 11.9. The first-order valence-electron chi connectivity index (χ1n) is 6.97. The van der Waals surface area contributed by atoms with E-state index in [2.05, 4.69) is 38.4 Å². The number of amides is 1. The predicted molar refractivity (Wildman–Crippen MR) is 92.3 cm³/mol. The SMILES string of the molecule is CCCCc1nnc(SCC(=O)Nc2ccc(Br)cc2)n1N. The fourth-order valence-corrected chi connectivity index (χ4v) is 2.71. The van der Waals surface area contributed by atoms with Crippen molar-refractivity contribution in [3.8, 4) is 0 Å². The Kier molecular flexibility index (Phi) is 6.26. The number of unbranched alkanes of at least 4 members (excludes halogenated alkanes) is 1. The molecule has 118 valence electrons. The summed E-state index contributed by atoms with van der Waals surface area (Å²) in [6.07, 6.45) is 2.89. The van der Waals surface area contributed by atoms with Crippen molar-refractivity contribution in [2.45, 2.75) is 31.3 Å². The van der Waals surface area contributed by atoms with E-state index in [-0.39, 0.29) is 11.7 Å². The van der Waals surface area contributed by atoms with Gasteiger partial charge in [-0.1, -0.05) is 41.0 Å². The molecule has 2 aromatic rings. The first-order chi connectivity index (χ1) is 10.6. The third-order valence-corrected chi connectivity index (χ3v) is 4.42. The van der Waals surface area contributed by atoms with E-state index in [1.54, 1.807) is 0 Å². The Labute approximate surface area is 142 Å². The molecular weight excluding hydrogens is 366 g/mol. The molecule has 3 N–H and O–H groups in total. The summed E-state index contributed by atoms with van der Waals surface area (Å²) in [7, 11) is 0. The van der Waals surface area contributed by atoms with Gasteiger partial charge in [0, 0.05) is 16.6 Å². The third-order valence-electron chi connectivity index (χ3n) is 2.95. The molecule has 6 nitrogen and oxygen atoms in total. The lowest BCUT2D eigenvalue weighted by molar-refractivity contribution is -0.113. The number of benzene rings is 1. The summed E-state index contributed by atoms with van der Waals surface area (Å²) in [5.74, 6) is 6.81. The molecule has 1 aromatic carbocycles. The van der Waals surface area contributed by atoms with Crippen molar-refractivity contribution in [1.82, 2.24) is 14.9 Å². The normalized spacial score (nSPS) is 10.6. The van der Waals surface area contributed by atoms with Gasteiger partial charge in [-0.05, 0) is 30.7 Å². The Balaban J connectivity index is 1.85. The first kappa shape index (κ1) is 16.8. The molecule has 1 heterocycles. The molecule has 0 saturated heterocycles. The summed E-state index contributed by atoms with van der Waals surface area (Å²) in [5, 5.41) is 11.5. The highest BCUT2D eigenvalue weighted by atomic mass is 79.9. The molecule has 0 atom stereocenters. The Bertz CT molecular complexity index is 629. The van der Waals surface area contributed by atoms with Gasteiger partial charge in [-0.15, -0.1) is 10.2 Å². The van der Waals surface area contributed by atoms with Crippen molar-refractivity contribution in [2.75, 3.05) is 16.9 Å². The number of carbonyl (C=O) groups excluding carboxylic acids is 1. The van der Waals surface area contributed by atoms with Gasteiger partial charge in [0.2, 0.25) is 11.1 Å². The molecule has 0 bridgehead atoms. The lowest BCUT2D eigenvalue weighted by atomic mass is 10.2. The second-order valence-electron chi connectivity index (χ2n) is 4.72. The highest BCUT2D eigenvalue weighted by Crippen LogP contribution is 2.17. The van der Waals surface area contributed by atoms with Gasteiger partial charge in [0.25, 0.3) is 0 Å². The summed E-state index contributed by atoms with van der Waals surface area (Å²) in [5.41, 5.74) is 0.756. The van der Waals surface area contributed by atoms with Crippen molar-refractivity contribution in [3.63, 3.8) is 0 Å². The zero-order valence-corrected chi connectivity index (χ0v) is 14.7. The van der Waals surface area contributed by atoms with Gasteiger partial charge in [0.05, 0.1) is 5.75 Å². The molecular formula is C14H18BrN5OS. The summed E-state index contributed by atoms with van der Waals surface area (Å²) in [6, 6.07) is 7.42. The molecule has 1 aromatic heterocycles. The van der Waals surface area contributed by atoms with Crippen LogP contribution in [0, 0.1) is 0 Å². The number of thioether (sulfide) groups is 1. The number of rotatable bonds is 7. The number of anilines is 1. The van der Waals surface area contributed by atoms with Crippen LogP contribution in [0.3, 0.4) is 0 Å². The number of aryl methyl sites for hydroxylation is 1. The average Bonchev–Trinajstić information content (AvgIpc) is 2.86. The summed E-state index contributed by atoms with van der Waals surface area (Å²) in [4.78, 5) is 11.9. The van der Waals surface area contributed by atoms with Crippen LogP contribution in [0.1, 0.15) is 25.6 Å². The zero-order chi connectivity index (χ0) is 15.9. The Hall–Kier alpha value is -1.54. The molecule has 0 aliphatic carbocycles. The van der Waals surface area contributed by atoms with E-state index in [0.717, 1.165) is 35.2 Å². The number of nitrogens with two attached hydrogens (primary N) is 1. The summed E-state index contributed by atoms with van der Waals surface area (Å²) < 4.78 is 2.43. The molecule has 0 aliphatic heterocycles. The number of carbonyl (C=O) groups is 1. The first-order valence-corrected chi connectivity index (χ1v) is 8.75. The van der Waals surface area contributed by atoms with E-state index in [0.29, 0.717) is 5.16 Å². The van der Waals surface area contributed by atoms with Gasteiger partial charge in [0.1, 0.15) is 0 Å². The van der Waals surface area contributed by atoms with Crippen LogP contribution in [0.5, 0.6) is 0 Å². The topological polar surface area (TPSA) is 85.8 Å². The van der Waals surface area contributed by atoms with Gasteiger partial charge in [0.15, 0.2) is 5.82 Å². The maximum Gasteiger partial charge on any atom is 0.234 e. The van der Waals surface area contributed by atoms with Crippen molar-refractivity contribution < 1.29 is 4.79 Å². The van der Waals surface area contributed by atoms with Gasteiger partial charge >= 0.3 is 0 Å². The largest absolute Gasteiger partial charge is 0.336 e. The molecule has 0 aliphatic rings. The minimum absolute atomic E-state index is 0.106. The van der Waals surface area contributed by atoms with Crippen LogP contribution < -0.4 is 11.2 Å². The van der Waals surface area contributed by atoms with Crippen LogP contribution in [0.25, 0.3) is 0 Å². The van der Waals surface area contributed by atoms with Crippen LogP contribution in [0.4, 0.5) is 5.69 Å². The number of hydrogen-bond donors (Lipinski definition) is 2. The van der Waals surface area contributed by atoms with Crippen molar-refractivity contribution >= 4 is 39.3 Å². The molecule has 8 heteroatoms. The van der Waals surface area contributed by atoms with Crippen LogP contribution in [0.2, 0.25) is 0 Å². The Morgan fingerprint density at radius 2 is 2.09 bits per heavy atom. The molecule has 1 amide bonds. The number of hydrogen-bond acceptors (Lipinski definition) is 5. The number of nitrogens with one attached hydrogen (secondary N) is 1. The van der Waals surface area contributed by atoms with Crippen LogP contribution in [-0.2, 0) is 11.2 Å². The minimum Gasteiger partial charge on any atom is -0.336 e. The fraction of sp³-hybridized carbons (Fsp3) is 0.357. The average molecular weight is 384 g/mol. The summed E-state index contributed by atoms with van der Waals surface area (Å²) >= 11 is 4.63. The third kappa shape index (κ3) is 4.74. The van der Waals surface area contributed by atoms with E-state index < -0.39 is 0 Å². The highest BCUT2D eigenvalue weighted by Gasteiger charge is 2.12. The monoisotopic (exact) mass is 383 g/mol. The molecule has 0 unspecified atom stereocenters. The van der Waals surface area contributed by atoms with Crippen molar-refractivity contribution in [2.24, 2.45) is 0 Å². The van der Waals surface area contributed by atoms with E-state index in [1.165, 1.54) is 16.4 Å². The predicted octanol–water partition coefficient (Wildman–Crippen LogP) is 2.83. The maximum atomic E-state index is 11.9. The van der Waals surface area contributed by atoms with E-state index >= 15 is 0 Å². The standard InChI is InChI=1S/C14H18BrN5OS/c1-2-3-4-12-18-19-14(20(12)16)22-9-13(21)17-11-7-5-10(15)6-8-11/h5-8H,2-4,9,16H2,1H3,(H,17,21). The second kappa shape index (κ2) is 8.19. The minimum atomic E-state index is -0.106. The molecule has 2 rings (SSSR count). The molecule has 22 heavy (non-hydrogen) atoms.